The van der Waals surface area contributed by atoms with Gasteiger partial charge in [-0.3, -0.25) is 9.82 Å². The van der Waals surface area contributed by atoms with Gasteiger partial charge in [0.15, 0.2) is 0 Å². The predicted octanol–water partition coefficient (Wildman–Crippen LogP) is 4.14. The van der Waals surface area contributed by atoms with Crippen LogP contribution in [0.25, 0.3) is 11.1 Å². The standard InChI is InChI=1S/C20H24N6OS.C6H6/c1-26-13-16(10-25-26)15-8-19-20(24-9-15)27-17(12-23-19)11-22-7-6-14-2-4-18(28-21)5-3-14;1-2-4-6-5-3-1/h2-5,8-10,13,17,22-23H,6-7,11-12,21H2,1H3;1-6H. The summed E-state index contributed by atoms with van der Waals surface area (Å²) in [6, 6.07) is 22.4. The van der Waals surface area contributed by atoms with Crippen LogP contribution in [0.2, 0.25) is 0 Å². The topological polar surface area (TPSA) is 90.0 Å². The summed E-state index contributed by atoms with van der Waals surface area (Å²) >= 11 is 1.27. The van der Waals surface area contributed by atoms with Crippen LogP contribution in [0.5, 0.6) is 5.88 Å². The molecular weight excluding hydrogens is 444 g/mol. The van der Waals surface area contributed by atoms with E-state index in [-0.39, 0.29) is 6.10 Å². The first kappa shape index (κ1) is 23.8. The number of fused-ring (bicyclic) bond motifs is 1. The van der Waals surface area contributed by atoms with E-state index in [1.165, 1.54) is 17.5 Å². The van der Waals surface area contributed by atoms with E-state index < -0.39 is 0 Å². The van der Waals surface area contributed by atoms with Gasteiger partial charge in [-0.15, -0.1) is 0 Å². The maximum atomic E-state index is 6.04. The monoisotopic (exact) mass is 474 g/mol. The van der Waals surface area contributed by atoms with E-state index in [2.05, 4.69) is 51.0 Å². The Bertz CT molecular complexity index is 1120. The van der Waals surface area contributed by atoms with Gasteiger partial charge in [-0.2, -0.15) is 5.10 Å². The second kappa shape index (κ2) is 12.2. The van der Waals surface area contributed by atoms with Crippen LogP contribution in [0, 0.1) is 0 Å². The largest absolute Gasteiger partial charge is 0.470 e. The van der Waals surface area contributed by atoms with Crippen molar-refractivity contribution in [2.45, 2.75) is 17.4 Å². The highest BCUT2D eigenvalue weighted by molar-refractivity contribution is 7.97. The summed E-state index contributed by atoms with van der Waals surface area (Å²) in [6.07, 6.45) is 6.67. The average Bonchev–Trinajstić information content (AvgIpc) is 3.34. The van der Waals surface area contributed by atoms with Gasteiger partial charge in [-0.1, -0.05) is 48.5 Å². The van der Waals surface area contributed by atoms with Crippen LogP contribution < -0.4 is 20.5 Å². The minimum Gasteiger partial charge on any atom is -0.470 e. The number of hydrogen-bond donors (Lipinski definition) is 3. The van der Waals surface area contributed by atoms with Gasteiger partial charge < -0.3 is 15.4 Å². The SMILES string of the molecule is Cn1cc(-c2cnc3c(c2)NCC(CNCCc2ccc(SN)cc2)O3)cn1.c1ccccc1. The number of anilines is 1. The number of benzene rings is 2. The first-order chi connectivity index (χ1) is 16.7. The number of hydrogen-bond acceptors (Lipinski definition) is 7. The van der Waals surface area contributed by atoms with E-state index in [9.17, 15) is 0 Å². The predicted molar refractivity (Wildman–Crippen MR) is 139 cm³/mol. The molecule has 1 unspecified atom stereocenters. The molecule has 0 saturated heterocycles. The number of nitrogens with two attached hydrogens (primary N) is 1. The molecular formula is C26H30N6OS. The molecule has 2 aromatic carbocycles. The lowest BCUT2D eigenvalue weighted by molar-refractivity contribution is 0.194. The molecule has 1 aliphatic rings. The maximum Gasteiger partial charge on any atom is 0.237 e. The first-order valence-electron chi connectivity index (χ1n) is 11.3. The van der Waals surface area contributed by atoms with Crippen molar-refractivity contribution in [3.63, 3.8) is 0 Å². The van der Waals surface area contributed by atoms with Crippen molar-refractivity contribution < 1.29 is 4.74 Å². The average molecular weight is 475 g/mol. The number of rotatable bonds is 7. The number of nitrogens with one attached hydrogen (secondary N) is 2. The van der Waals surface area contributed by atoms with Gasteiger partial charge in [0.2, 0.25) is 5.88 Å². The Balaban J connectivity index is 0.000000398. The third kappa shape index (κ3) is 6.84. The second-order valence-corrected chi connectivity index (χ2v) is 8.68. The number of pyridine rings is 1. The molecule has 0 radical (unpaired) electrons. The summed E-state index contributed by atoms with van der Waals surface area (Å²) in [4.78, 5) is 5.57. The molecule has 34 heavy (non-hydrogen) atoms. The highest BCUT2D eigenvalue weighted by Crippen LogP contribution is 2.31. The molecule has 0 amide bonds. The fourth-order valence-electron chi connectivity index (χ4n) is 3.55. The molecule has 4 aromatic rings. The van der Waals surface area contributed by atoms with Crippen molar-refractivity contribution in [2.24, 2.45) is 12.2 Å². The minimum atomic E-state index is 0.0558. The van der Waals surface area contributed by atoms with Crippen LogP contribution in [0.3, 0.4) is 0 Å². The first-order valence-corrected chi connectivity index (χ1v) is 12.2. The van der Waals surface area contributed by atoms with Crippen molar-refractivity contribution in [3.8, 4) is 17.0 Å². The summed E-state index contributed by atoms with van der Waals surface area (Å²) in [5.74, 6) is 0.653. The molecule has 5 rings (SSSR count). The zero-order chi connectivity index (χ0) is 23.6. The van der Waals surface area contributed by atoms with E-state index in [1.807, 2.05) is 62.0 Å². The molecule has 4 N–H and O–H groups in total. The van der Waals surface area contributed by atoms with E-state index in [0.29, 0.717) is 5.88 Å². The number of nitrogens with zero attached hydrogens (tertiary/aromatic N) is 3. The van der Waals surface area contributed by atoms with Crippen molar-refractivity contribution in [1.29, 1.82) is 0 Å². The molecule has 176 valence electrons. The molecule has 2 aromatic heterocycles. The number of aromatic nitrogens is 3. The second-order valence-electron chi connectivity index (χ2n) is 7.97. The minimum absolute atomic E-state index is 0.0558. The quantitative estimate of drug-likeness (QED) is 0.274. The van der Waals surface area contributed by atoms with Crippen LogP contribution >= 0.6 is 11.9 Å². The molecule has 3 heterocycles. The summed E-state index contributed by atoms with van der Waals surface area (Å²) in [7, 11) is 1.91. The van der Waals surface area contributed by atoms with Crippen molar-refractivity contribution in [1.82, 2.24) is 20.1 Å². The molecule has 0 spiro atoms. The molecule has 0 saturated carbocycles. The molecule has 0 aliphatic carbocycles. The Morgan fingerprint density at radius 1 is 1.09 bits per heavy atom. The van der Waals surface area contributed by atoms with E-state index in [4.69, 9.17) is 9.88 Å². The summed E-state index contributed by atoms with van der Waals surface area (Å²) in [5.41, 5.74) is 4.29. The molecule has 0 fully saturated rings. The summed E-state index contributed by atoms with van der Waals surface area (Å²) in [5, 5.41) is 16.7. The van der Waals surface area contributed by atoms with Crippen LogP contribution in [-0.4, -0.2) is 40.5 Å². The third-order valence-corrected chi connectivity index (χ3v) is 5.92. The van der Waals surface area contributed by atoms with E-state index in [0.717, 1.165) is 47.8 Å². The van der Waals surface area contributed by atoms with Gasteiger partial charge in [0.1, 0.15) is 6.10 Å². The normalized spacial score (nSPS) is 14.2. The Morgan fingerprint density at radius 3 is 2.47 bits per heavy atom. The zero-order valence-corrected chi connectivity index (χ0v) is 20.0. The lowest BCUT2D eigenvalue weighted by atomic mass is 10.1. The molecule has 0 bridgehead atoms. The van der Waals surface area contributed by atoms with E-state index in [1.54, 1.807) is 4.68 Å². The van der Waals surface area contributed by atoms with E-state index >= 15 is 0 Å². The van der Waals surface area contributed by atoms with Crippen molar-refractivity contribution >= 4 is 17.6 Å². The molecule has 7 nitrogen and oxygen atoms in total. The fourth-order valence-corrected chi connectivity index (χ4v) is 3.85. The van der Waals surface area contributed by atoms with Gasteiger partial charge in [0.05, 0.1) is 18.4 Å². The lowest BCUT2D eigenvalue weighted by Gasteiger charge is -2.27. The lowest BCUT2D eigenvalue weighted by Crippen LogP contribution is -2.40. The van der Waals surface area contributed by atoms with Gasteiger partial charge in [-0.05, 0) is 48.7 Å². The Hall–Kier alpha value is -3.33. The van der Waals surface area contributed by atoms with Gasteiger partial charge in [-0.25, -0.2) is 4.98 Å². The van der Waals surface area contributed by atoms with Crippen molar-refractivity contribution in [2.75, 3.05) is 25.0 Å². The maximum absolute atomic E-state index is 6.04. The smallest absolute Gasteiger partial charge is 0.237 e. The summed E-state index contributed by atoms with van der Waals surface area (Å²) < 4.78 is 7.82. The Labute approximate surface area is 204 Å². The van der Waals surface area contributed by atoms with Crippen LogP contribution in [-0.2, 0) is 13.5 Å². The van der Waals surface area contributed by atoms with Gasteiger partial charge in [0.25, 0.3) is 0 Å². The Morgan fingerprint density at radius 2 is 1.82 bits per heavy atom. The molecule has 1 aliphatic heterocycles. The van der Waals surface area contributed by atoms with Crippen LogP contribution in [0.15, 0.2) is 90.2 Å². The zero-order valence-electron chi connectivity index (χ0n) is 19.2. The summed E-state index contributed by atoms with van der Waals surface area (Å²) in [6.45, 7) is 2.42. The fraction of sp³-hybridized carbons (Fsp3) is 0.231. The number of ether oxygens (including phenoxy) is 1. The highest BCUT2D eigenvalue weighted by atomic mass is 32.2. The van der Waals surface area contributed by atoms with Crippen LogP contribution in [0.1, 0.15) is 5.56 Å². The number of aryl methyl sites for hydroxylation is 1. The Kier molecular flexibility index (Phi) is 8.56. The highest BCUT2D eigenvalue weighted by Gasteiger charge is 2.20. The molecule has 1 atom stereocenters. The van der Waals surface area contributed by atoms with Gasteiger partial charge in [0, 0.05) is 42.0 Å². The van der Waals surface area contributed by atoms with Crippen LogP contribution in [0.4, 0.5) is 5.69 Å². The molecule has 8 heteroatoms. The van der Waals surface area contributed by atoms with Crippen molar-refractivity contribution in [3.05, 3.63) is 90.9 Å². The van der Waals surface area contributed by atoms with Gasteiger partial charge >= 0.3 is 0 Å². The third-order valence-electron chi connectivity index (χ3n) is 5.38.